The highest BCUT2D eigenvalue weighted by molar-refractivity contribution is 5.99. The molecule has 104 valence electrons. The third kappa shape index (κ3) is 4.34. The van der Waals surface area contributed by atoms with Crippen LogP contribution >= 0.6 is 0 Å². The predicted octanol–water partition coefficient (Wildman–Crippen LogP) is 5.46. The molecule has 0 amide bonds. The average molecular weight is 257 g/mol. The standard InChI is InChI=1S/C18H27N/c1-7-9-13(3)15(5)19-16(6)18-11-10-17(8-2)14(4)12-18/h10-12H,7-9H2,1-6H3/b15-13+,19-16?. The van der Waals surface area contributed by atoms with Crippen molar-refractivity contribution in [3.63, 3.8) is 0 Å². The fourth-order valence-electron chi connectivity index (χ4n) is 2.29. The van der Waals surface area contributed by atoms with E-state index in [0.29, 0.717) is 0 Å². The van der Waals surface area contributed by atoms with Gasteiger partial charge in [-0.05, 0) is 63.3 Å². The largest absolute Gasteiger partial charge is 0.258 e. The van der Waals surface area contributed by atoms with Crippen LogP contribution in [-0.4, -0.2) is 5.71 Å². The molecule has 1 aromatic rings. The van der Waals surface area contributed by atoms with E-state index in [1.54, 1.807) is 0 Å². The van der Waals surface area contributed by atoms with E-state index in [9.17, 15) is 0 Å². The van der Waals surface area contributed by atoms with E-state index in [1.165, 1.54) is 28.7 Å². The smallest absolute Gasteiger partial charge is 0.0448 e. The first kappa shape index (κ1) is 15.7. The molecule has 19 heavy (non-hydrogen) atoms. The van der Waals surface area contributed by atoms with Gasteiger partial charge < -0.3 is 0 Å². The van der Waals surface area contributed by atoms with Crippen molar-refractivity contribution in [3.8, 4) is 0 Å². The van der Waals surface area contributed by atoms with Gasteiger partial charge in [-0.2, -0.15) is 0 Å². The van der Waals surface area contributed by atoms with Gasteiger partial charge >= 0.3 is 0 Å². The van der Waals surface area contributed by atoms with Crippen LogP contribution in [0.4, 0.5) is 0 Å². The second-order valence-electron chi connectivity index (χ2n) is 5.31. The van der Waals surface area contributed by atoms with E-state index in [0.717, 1.165) is 24.3 Å². The van der Waals surface area contributed by atoms with E-state index in [4.69, 9.17) is 4.99 Å². The van der Waals surface area contributed by atoms with Crippen molar-refractivity contribution in [3.05, 3.63) is 46.2 Å². The number of hydrogen-bond donors (Lipinski definition) is 0. The molecule has 1 rings (SSSR count). The molecule has 0 heterocycles. The minimum atomic E-state index is 1.09. The van der Waals surface area contributed by atoms with Crippen molar-refractivity contribution in [2.75, 3.05) is 0 Å². The number of rotatable bonds is 5. The topological polar surface area (TPSA) is 12.4 Å². The van der Waals surface area contributed by atoms with E-state index in [2.05, 4.69) is 59.7 Å². The molecule has 0 aliphatic rings. The van der Waals surface area contributed by atoms with Crippen LogP contribution in [0.5, 0.6) is 0 Å². The summed E-state index contributed by atoms with van der Waals surface area (Å²) in [5, 5.41) is 0. The molecular formula is C18H27N. The molecule has 0 bridgehead atoms. The van der Waals surface area contributed by atoms with Crippen molar-refractivity contribution >= 4 is 5.71 Å². The fraction of sp³-hybridized carbons (Fsp3) is 0.500. The molecule has 0 saturated carbocycles. The van der Waals surface area contributed by atoms with Crippen LogP contribution in [-0.2, 0) is 6.42 Å². The summed E-state index contributed by atoms with van der Waals surface area (Å²) < 4.78 is 0. The zero-order valence-electron chi connectivity index (χ0n) is 13.3. The van der Waals surface area contributed by atoms with Crippen molar-refractivity contribution in [2.24, 2.45) is 4.99 Å². The van der Waals surface area contributed by atoms with Gasteiger partial charge in [-0.25, -0.2) is 0 Å². The summed E-state index contributed by atoms with van der Waals surface area (Å²) in [4.78, 5) is 4.76. The van der Waals surface area contributed by atoms with Crippen LogP contribution < -0.4 is 0 Å². The summed E-state index contributed by atoms with van der Waals surface area (Å²) in [5.41, 5.74) is 7.69. The Balaban J connectivity index is 3.03. The van der Waals surface area contributed by atoms with Gasteiger partial charge in [0.2, 0.25) is 0 Å². The molecule has 0 N–H and O–H groups in total. The third-order valence-electron chi connectivity index (χ3n) is 3.72. The highest BCUT2D eigenvalue weighted by atomic mass is 14.7. The van der Waals surface area contributed by atoms with Crippen molar-refractivity contribution in [1.29, 1.82) is 0 Å². The molecule has 0 spiro atoms. The first-order chi connectivity index (χ1) is 8.99. The highest BCUT2D eigenvalue weighted by Crippen LogP contribution is 2.16. The highest BCUT2D eigenvalue weighted by Gasteiger charge is 2.02. The molecule has 1 heteroatoms. The summed E-state index contributed by atoms with van der Waals surface area (Å²) in [6.45, 7) is 13.0. The molecule has 0 aliphatic carbocycles. The monoisotopic (exact) mass is 257 g/mol. The van der Waals surface area contributed by atoms with Crippen LogP contribution in [0.15, 0.2) is 34.5 Å². The van der Waals surface area contributed by atoms with E-state index in [1.807, 2.05) is 0 Å². The Kier molecular flexibility index (Phi) is 6.01. The number of hydrogen-bond acceptors (Lipinski definition) is 1. The first-order valence-corrected chi connectivity index (χ1v) is 7.31. The Hall–Kier alpha value is -1.37. The lowest BCUT2D eigenvalue weighted by atomic mass is 10.0. The Morgan fingerprint density at radius 1 is 1.11 bits per heavy atom. The maximum Gasteiger partial charge on any atom is 0.0448 e. The van der Waals surface area contributed by atoms with Gasteiger partial charge in [-0.15, -0.1) is 0 Å². The number of allylic oxidation sites excluding steroid dienone is 2. The SMILES string of the molecule is CCC/C(C)=C(\C)N=C(C)c1ccc(CC)c(C)c1. The quantitative estimate of drug-likeness (QED) is 0.621. The Bertz CT molecular complexity index is 492. The lowest BCUT2D eigenvalue weighted by Crippen LogP contribution is -1.98. The lowest BCUT2D eigenvalue weighted by Gasteiger charge is -2.08. The number of aryl methyl sites for hydroxylation is 2. The zero-order valence-corrected chi connectivity index (χ0v) is 13.3. The lowest BCUT2D eigenvalue weighted by molar-refractivity contribution is 0.886. The molecule has 0 aliphatic heterocycles. The number of nitrogens with zero attached hydrogens (tertiary/aromatic N) is 1. The van der Waals surface area contributed by atoms with Gasteiger partial charge in [0.05, 0.1) is 0 Å². The van der Waals surface area contributed by atoms with Crippen LogP contribution in [0.2, 0.25) is 0 Å². The second kappa shape index (κ2) is 7.28. The Morgan fingerprint density at radius 2 is 1.79 bits per heavy atom. The normalized spacial score (nSPS) is 13.5. The Labute approximate surface area is 118 Å². The molecule has 0 atom stereocenters. The number of aliphatic imine (C=N–C) groups is 1. The maximum atomic E-state index is 4.76. The van der Waals surface area contributed by atoms with Gasteiger partial charge in [-0.3, -0.25) is 4.99 Å². The molecule has 1 aromatic carbocycles. The van der Waals surface area contributed by atoms with Crippen molar-refractivity contribution in [1.82, 2.24) is 0 Å². The van der Waals surface area contributed by atoms with Crippen molar-refractivity contribution < 1.29 is 0 Å². The summed E-state index contributed by atoms with van der Waals surface area (Å²) in [6, 6.07) is 6.66. The summed E-state index contributed by atoms with van der Waals surface area (Å²) in [7, 11) is 0. The van der Waals surface area contributed by atoms with Crippen LogP contribution in [0, 0.1) is 6.92 Å². The van der Waals surface area contributed by atoms with Gasteiger partial charge in [0.15, 0.2) is 0 Å². The first-order valence-electron chi connectivity index (χ1n) is 7.31. The molecular weight excluding hydrogens is 230 g/mol. The fourth-order valence-corrected chi connectivity index (χ4v) is 2.29. The summed E-state index contributed by atoms with van der Waals surface area (Å²) in [6.07, 6.45) is 3.41. The molecule has 1 nitrogen and oxygen atoms in total. The van der Waals surface area contributed by atoms with Gasteiger partial charge in [0, 0.05) is 11.4 Å². The summed E-state index contributed by atoms with van der Waals surface area (Å²) >= 11 is 0. The molecule has 0 aromatic heterocycles. The molecule has 0 fully saturated rings. The van der Waals surface area contributed by atoms with E-state index >= 15 is 0 Å². The van der Waals surface area contributed by atoms with Gasteiger partial charge in [0.1, 0.15) is 0 Å². The van der Waals surface area contributed by atoms with Gasteiger partial charge in [0.25, 0.3) is 0 Å². The zero-order chi connectivity index (χ0) is 14.4. The predicted molar refractivity (Wildman–Crippen MR) is 86.1 cm³/mol. The minimum absolute atomic E-state index is 1.09. The molecule has 0 saturated heterocycles. The van der Waals surface area contributed by atoms with Crippen LogP contribution in [0.25, 0.3) is 0 Å². The minimum Gasteiger partial charge on any atom is -0.258 e. The van der Waals surface area contributed by atoms with E-state index < -0.39 is 0 Å². The van der Waals surface area contributed by atoms with E-state index in [-0.39, 0.29) is 0 Å². The maximum absolute atomic E-state index is 4.76. The van der Waals surface area contributed by atoms with Crippen LogP contribution in [0.3, 0.4) is 0 Å². The van der Waals surface area contributed by atoms with Gasteiger partial charge in [-0.1, -0.05) is 38.0 Å². The third-order valence-corrected chi connectivity index (χ3v) is 3.72. The number of benzene rings is 1. The van der Waals surface area contributed by atoms with Crippen molar-refractivity contribution in [2.45, 2.75) is 60.8 Å². The summed E-state index contributed by atoms with van der Waals surface area (Å²) in [5.74, 6) is 0. The average Bonchev–Trinajstić information content (AvgIpc) is 2.38. The van der Waals surface area contributed by atoms with Crippen LogP contribution in [0.1, 0.15) is 64.2 Å². The molecule has 0 unspecified atom stereocenters. The molecule has 0 radical (unpaired) electrons. The Morgan fingerprint density at radius 3 is 2.32 bits per heavy atom. The second-order valence-corrected chi connectivity index (χ2v) is 5.31.